The highest BCUT2D eigenvalue weighted by molar-refractivity contribution is 6.35. The van der Waals surface area contributed by atoms with Crippen molar-refractivity contribution in [1.29, 1.82) is 0 Å². The van der Waals surface area contributed by atoms with Crippen LogP contribution < -0.4 is 10.5 Å². The molecule has 1 aliphatic rings. The molecular weight excluding hydrogens is 197 g/mol. The predicted molar refractivity (Wildman–Crippen MR) is 48.9 cm³/mol. The number of rotatable bonds is 0. The van der Waals surface area contributed by atoms with E-state index in [1.807, 2.05) is 0 Å². The molecule has 0 bridgehead atoms. The Balaban J connectivity index is 2.60. The minimum Gasteiger partial charge on any atom is -0.490 e. The monoisotopic (exact) mass is 203 g/mol. The molecule has 1 aliphatic heterocycles. The Kier molecular flexibility index (Phi) is 1.91. The van der Waals surface area contributed by atoms with Gasteiger partial charge in [-0.25, -0.2) is 0 Å². The highest BCUT2D eigenvalue weighted by atomic mass is 35.5. The van der Waals surface area contributed by atoms with Crippen LogP contribution in [0.25, 0.3) is 0 Å². The highest BCUT2D eigenvalue weighted by Crippen LogP contribution is 2.39. The molecule has 1 heterocycles. The number of nitrogens with two attached hydrogens (primary N) is 1. The van der Waals surface area contributed by atoms with Gasteiger partial charge in [0.15, 0.2) is 0 Å². The van der Waals surface area contributed by atoms with Crippen LogP contribution in [-0.2, 0) is 0 Å². The maximum Gasteiger partial charge on any atom is 0.142 e. The van der Waals surface area contributed by atoms with Crippen molar-refractivity contribution in [2.45, 2.75) is 6.04 Å². The predicted octanol–water partition coefficient (Wildman–Crippen LogP) is 2.39. The van der Waals surface area contributed by atoms with Crippen LogP contribution in [0.4, 0.5) is 0 Å². The van der Waals surface area contributed by atoms with Gasteiger partial charge in [0.05, 0.1) is 11.1 Å². The summed E-state index contributed by atoms with van der Waals surface area (Å²) >= 11 is 11.7. The van der Waals surface area contributed by atoms with Crippen LogP contribution in [0, 0.1) is 0 Å². The maximum absolute atomic E-state index is 5.88. The summed E-state index contributed by atoms with van der Waals surface area (Å²) in [5, 5.41) is 1.13. The van der Waals surface area contributed by atoms with E-state index in [9.17, 15) is 0 Å². The van der Waals surface area contributed by atoms with Gasteiger partial charge in [0.25, 0.3) is 0 Å². The number of hydrogen-bond acceptors (Lipinski definition) is 2. The van der Waals surface area contributed by atoms with Crippen LogP contribution >= 0.6 is 23.2 Å². The van der Waals surface area contributed by atoms with Gasteiger partial charge in [-0.1, -0.05) is 23.2 Å². The van der Waals surface area contributed by atoms with Crippen molar-refractivity contribution in [3.8, 4) is 5.75 Å². The largest absolute Gasteiger partial charge is 0.490 e. The summed E-state index contributed by atoms with van der Waals surface area (Å²) < 4.78 is 5.28. The van der Waals surface area contributed by atoms with Crippen molar-refractivity contribution in [3.63, 3.8) is 0 Å². The van der Waals surface area contributed by atoms with Gasteiger partial charge in [-0.3, -0.25) is 0 Å². The zero-order valence-electron chi connectivity index (χ0n) is 6.18. The second kappa shape index (κ2) is 2.80. The minimum atomic E-state index is -0.101. The SMILES string of the molecule is NC1COc2c(Cl)cc(Cl)cc21. The lowest BCUT2D eigenvalue weighted by Crippen LogP contribution is -2.10. The fraction of sp³-hybridized carbons (Fsp3) is 0.250. The van der Waals surface area contributed by atoms with Gasteiger partial charge in [-0.05, 0) is 12.1 Å². The molecular formula is C8H7Cl2NO. The Labute approximate surface area is 80.2 Å². The van der Waals surface area contributed by atoms with Crippen molar-refractivity contribution in [3.05, 3.63) is 27.7 Å². The van der Waals surface area contributed by atoms with E-state index in [1.54, 1.807) is 12.1 Å². The molecule has 64 valence electrons. The lowest BCUT2D eigenvalue weighted by atomic mass is 10.1. The number of benzene rings is 1. The van der Waals surface area contributed by atoms with Crippen LogP contribution in [0.3, 0.4) is 0 Å². The van der Waals surface area contributed by atoms with E-state index in [0.29, 0.717) is 22.4 Å². The van der Waals surface area contributed by atoms with E-state index in [1.165, 1.54) is 0 Å². The lowest BCUT2D eigenvalue weighted by molar-refractivity contribution is 0.333. The Morgan fingerprint density at radius 1 is 1.42 bits per heavy atom. The Bertz CT molecular complexity index is 327. The first kappa shape index (κ1) is 8.17. The molecule has 0 spiro atoms. The standard InChI is InChI=1S/C8H7Cl2NO/c9-4-1-5-7(11)3-12-8(5)6(10)2-4/h1-2,7H,3,11H2. The summed E-state index contributed by atoms with van der Waals surface area (Å²) in [6, 6.07) is 3.34. The van der Waals surface area contributed by atoms with E-state index in [-0.39, 0.29) is 6.04 Å². The molecule has 2 nitrogen and oxygen atoms in total. The lowest BCUT2D eigenvalue weighted by Gasteiger charge is -2.02. The van der Waals surface area contributed by atoms with Gasteiger partial charge in [-0.15, -0.1) is 0 Å². The first-order valence-electron chi connectivity index (χ1n) is 3.56. The van der Waals surface area contributed by atoms with Crippen LogP contribution in [-0.4, -0.2) is 6.61 Å². The van der Waals surface area contributed by atoms with E-state index in [4.69, 9.17) is 33.7 Å². The molecule has 0 aromatic heterocycles. The Hall–Kier alpha value is -0.440. The van der Waals surface area contributed by atoms with Crippen molar-refractivity contribution in [1.82, 2.24) is 0 Å². The second-order valence-corrected chi connectivity index (χ2v) is 3.57. The van der Waals surface area contributed by atoms with Gasteiger partial charge < -0.3 is 10.5 Å². The first-order valence-corrected chi connectivity index (χ1v) is 4.31. The quantitative estimate of drug-likeness (QED) is 0.704. The van der Waals surface area contributed by atoms with Gasteiger partial charge >= 0.3 is 0 Å². The molecule has 0 saturated carbocycles. The molecule has 1 aromatic carbocycles. The van der Waals surface area contributed by atoms with Crippen molar-refractivity contribution in [2.75, 3.05) is 6.61 Å². The van der Waals surface area contributed by atoms with Crippen LogP contribution in [0.5, 0.6) is 5.75 Å². The molecule has 0 radical (unpaired) electrons. The number of halogens is 2. The smallest absolute Gasteiger partial charge is 0.142 e. The fourth-order valence-corrected chi connectivity index (χ4v) is 1.83. The third kappa shape index (κ3) is 1.16. The van der Waals surface area contributed by atoms with Crippen LogP contribution in [0.2, 0.25) is 10.0 Å². The van der Waals surface area contributed by atoms with Crippen LogP contribution in [0.15, 0.2) is 12.1 Å². The van der Waals surface area contributed by atoms with E-state index in [0.717, 1.165) is 5.56 Å². The van der Waals surface area contributed by atoms with Gasteiger partial charge in [0.2, 0.25) is 0 Å². The molecule has 4 heteroatoms. The van der Waals surface area contributed by atoms with Gasteiger partial charge in [-0.2, -0.15) is 0 Å². The number of fused-ring (bicyclic) bond motifs is 1. The molecule has 1 unspecified atom stereocenters. The summed E-state index contributed by atoms with van der Waals surface area (Å²) in [6.45, 7) is 0.482. The van der Waals surface area contributed by atoms with Gasteiger partial charge in [0, 0.05) is 10.6 Å². The summed E-state index contributed by atoms with van der Waals surface area (Å²) in [5.74, 6) is 0.675. The average molecular weight is 204 g/mol. The zero-order chi connectivity index (χ0) is 8.72. The molecule has 0 amide bonds. The van der Waals surface area contributed by atoms with E-state index >= 15 is 0 Å². The average Bonchev–Trinajstić information content (AvgIpc) is 2.33. The molecule has 12 heavy (non-hydrogen) atoms. The zero-order valence-corrected chi connectivity index (χ0v) is 7.69. The molecule has 0 fully saturated rings. The topological polar surface area (TPSA) is 35.2 Å². The third-order valence-electron chi connectivity index (χ3n) is 1.84. The second-order valence-electron chi connectivity index (χ2n) is 2.72. The van der Waals surface area contributed by atoms with Crippen molar-refractivity contribution < 1.29 is 4.74 Å². The van der Waals surface area contributed by atoms with Gasteiger partial charge in [0.1, 0.15) is 12.4 Å². The molecule has 0 aliphatic carbocycles. The van der Waals surface area contributed by atoms with Crippen molar-refractivity contribution >= 4 is 23.2 Å². The molecule has 1 atom stereocenters. The summed E-state index contributed by atoms with van der Waals surface area (Å²) in [6.07, 6.45) is 0. The molecule has 2 rings (SSSR count). The van der Waals surface area contributed by atoms with Crippen LogP contribution in [0.1, 0.15) is 11.6 Å². The number of ether oxygens (including phenoxy) is 1. The molecule has 0 saturated heterocycles. The first-order chi connectivity index (χ1) is 5.68. The fourth-order valence-electron chi connectivity index (χ4n) is 1.27. The molecule has 2 N–H and O–H groups in total. The van der Waals surface area contributed by atoms with E-state index in [2.05, 4.69) is 0 Å². The highest BCUT2D eigenvalue weighted by Gasteiger charge is 2.23. The van der Waals surface area contributed by atoms with E-state index < -0.39 is 0 Å². The number of hydrogen-bond donors (Lipinski definition) is 1. The Morgan fingerprint density at radius 3 is 2.92 bits per heavy atom. The maximum atomic E-state index is 5.88. The Morgan fingerprint density at radius 2 is 2.17 bits per heavy atom. The normalized spacial score (nSPS) is 20.4. The molecule has 1 aromatic rings. The third-order valence-corrected chi connectivity index (χ3v) is 2.34. The van der Waals surface area contributed by atoms with Crippen molar-refractivity contribution in [2.24, 2.45) is 5.73 Å². The minimum absolute atomic E-state index is 0.101. The summed E-state index contributed by atoms with van der Waals surface area (Å²) in [5.41, 5.74) is 6.64. The summed E-state index contributed by atoms with van der Waals surface area (Å²) in [7, 11) is 0. The summed E-state index contributed by atoms with van der Waals surface area (Å²) in [4.78, 5) is 0.